The molecule has 1 fully saturated rings. The van der Waals surface area contributed by atoms with Gasteiger partial charge in [-0.15, -0.1) is 0 Å². The quantitative estimate of drug-likeness (QED) is 0.790. The van der Waals surface area contributed by atoms with E-state index in [1.165, 1.54) is 10.5 Å². The van der Waals surface area contributed by atoms with Gasteiger partial charge in [0, 0.05) is 18.7 Å². The van der Waals surface area contributed by atoms with E-state index in [0.29, 0.717) is 19.7 Å². The minimum atomic E-state index is -1.57. The van der Waals surface area contributed by atoms with Crippen LogP contribution in [0.15, 0.2) is 42.5 Å². The van der Waals surface area contributed by atoms with Gasteiger partial charge >= 0.3 is 0 Å². The van der Waals surface area contributed by atoms with E-state index >= 15 is 0 Å². The molecule has 0 aliphatic carbocycles. The molecule has 1 atom stereocenters. The molecule has 2 aromatic rings. The Labute approximate surface area is 144 Å². The van der Waals surface area contributed by atoms with Crippen molar-refractivity contribution in [3.63, 3.8) is 0 Å². The molecule has 6 heteroatoms. The van der Waals surface area contributed by atoms with E-state index in [2.05, 4.69) is 0 Å². The molecule has 0 saturated carbocycles. The highest BCUT2D eigenvalue weighted by molar-refractivity contribution is 5.94. The predicted octanol–water partition coefficient (Wildman–Crippen LogP) is 3.58. The molecule has 1 aliphatic rings. The van der Waals surface area contributed by atoms with Crippen LogP contribution in [-0.4, -0.2) is 36.6 Å². The van der Waals surface area contributed by atoms with Crippen molar-refractivity contribution in [2.45, 2.75) is 18.9 Å². The fourth-order valence-corrected chi connectivity index (χ4v) is 2.91. The number of carbonyl (C=O) groups excluding carboxylic acids is 1. The first kappa shape index (κ1) is 17.5. The Balaban J connectivity index is 1.63. The second kappa shape index (κ2) is 7.70. The fourth-order valence-electron chi connectivity index (χ4n) is 2.91. The van der Waals surface area contributed by atoms with Crippen LogP contribution in [0.5, 0.6) is 0 Å². The van der Waals surface area contributed by atoms with Gasteiger partial charge in [0.1, 0.15) is 0 Å². The van der Waals surface area contributed by atoms with Gasteiger partial charge in [-0.3, -0.25) is 4.79 Å². The lowest BCUT2D eigenvalue weighted by Gasteiger charge is -2.33. The number of halogens is 3. The van der Waals surface area contributed by atoms with Gasteiger partial charge in [-0.2, -0.15) is 0 Å². The van der Waals surface area contributed by atoms with Crippen LogP contribution in [0, 0.1) is 17.5 Å². The predicted molar refractivity (Wildman–Crippen MR) is 86.7 cm³/mol. The lowest BCUT2D eigenvalue weighted by Crippen LogP contribution is -2.45. The molecule has 0 N–H and O–H groups in total. The van der Waals surface area contributed by atoms with Gasteiger partial charge in [0.15, 0.2) is 17.5 Å². The van der Waals surface area contributed by atoms with Gasteiger partial charge in [0.25, 0.3) is 5.91 Å². The number of hydrogen-bond acceptors (Lipinski definition) is 2. The molecule has 25 heavy (non-hydrogen) atoms. The molecule has 1 saturated heterocycles. The van der Waals surface area contributed by atoms with E-state index in [4.69, 9.17) is 4.74 Å². The summed E-state index contributed by atoms with van der Waals surface area (Å²) < 4.78 is 45.4. The molecule has 1 unspecified atom stereocenters. The van der Waals surface area contributed by atoms with Crippen LogP contribution in [0.3, 0.4) is 0 Å². The first-order valence-corrected chi connectivity index (χ1v) is 8.14. The maximum absolute atomic E-state index is 13.3. The zero-order chi connectivity index (χ0) is 17.8. The highest BCUT2D eigenvalue weighted by atomic mass is 19.2. The Kier molecular flexibility index (Phi) is 5.38. The molecule has 0 aromatic heterocycles. The number of ether oxygens (including phenoxy) is 1. The van der Waals surface area contributed by atoms with Crippen LogP contribution in [0.25, 0.3) is 0 Å². The van der Waals surface area contributed by atoms with Gasteiger partial charge in [0.05, 0.1) is 12.7 Å². The molecule has 3 rings (SSSR count). The summed E-state index contributed by atoms with van der Waals surface area (Å²) in [6.45, 7) is 1.03. The highest BCUT2D eigenvalue weighted by Crippen LogP contribution is 2.18. The number of nitrogens with zero attached hydrogens (tertiary/aromatic N) is 1. The van der Waals surface area contributed by atoms with E-state index in [0.717, 1.165) is 25.0 Å². The van der Waals surface area contributed by atoms with Gasteiger partial charge in [-0.1, -0.05) is 30.3 Å². The summed E-state index contributed by atoms with van der Waals surface area (Å²) in [5, 5.41) is 0. The maximum atomic E-state index is 13.3. The number of amides is 1. The second-order valence-electron chi connectivity index (χ2n) is 6.02. The second-order valence-corrected chi connectivity index (χ2v) is 6.02. The van der Waals surface area contributed by atoms with Crippen molar-refractivity contribution >= 4 is 5.91 Å². The summed E-state index contributed by atoms with van der Waals surface area (Å²) in [6.07, 6.45) is 1.40. The monoisotopic (exact) mass is 349 g/mol. The van der Waals surface area contributed by atoms with Crippen LogP contribution in [0.2, 0.25) is 0 Å². The third-order valence-electron chi connectivity index (χ3n) is 4.25. The van der Waals surface area contributed by atoms with Crippen molar-refractivity contribution in [3.05, 3.63) is 71.0 Å². The zero-order valence-electron chi connectivity index (χ0n) is 13.6. The molecule has 1 amide bonds. The van der Waals surface area contributed by atoms with Crippen molar-refractivity contribution in [1.82, 2.24) is 4.90 Å². The fraction of sp³-hybridized carbons (Fsp3) is 0.316. The third-order valence-corrected chi connectivity index (χ3v) is 4.25. The molecule has 0 radical (unpaired) electrons. The van der Waals surface area contributed by atoms with E-state index < -0.39 is 23.4 Å². The first-order chi connectivity index (χ1) is 12.0. The average Bonchev–Trinajstić information content (AvgIpc) is 2.64. The van der Waals surface area contributed by atoms with Crippen LogP contribution in [0.1, 0.15) is 22.3 Å². The number of rotatable bonds is 4. The highest BCUT2D eigenvalue weighted by Gasteiger charge is 2.26. The van der Waals surface area contributed by atoms with Gasteiger partial charge < -0.3 is 9.64 Å². The molecular weight excluding hydrogens is 331 g/mol. The van der Waals surface area contributed by atoms with Crippen molar-refractivity contribution in [2.24, 2.45) is 0 Å². The van der Waals surface area contributed by atoms with Crippen LogP contribution < -0.4 is 0 Å². The summed E-state index contributed by atoms with van der Waals surface area (Å²) in [6, 6.07) is 11.4. The summed E-state index contributed by atoms with van der Waals surface area (Å²) in [7, 11) is 0. The van der Waals surface area contributed by atoms with Gasteiger partial charge in [-0.25, -0.2) is 13.2 Å². The number of hydrogen-bond donors (Lipinski definition) is 0. The van der Waals surface area contributed by atoms with Crippen LogP contribution >= 0.6 is 0 Å². The van der Waals surface area contributed by atoms with Crippen LogP contribution in [-0.2, 0) is 11.2 Å². The minimum Gasteiger partial charge on any atom is -0.375 e. The summed E-state index contributed by atoms with van der Waals surface area (Å²) in [5.41, 5.74) is 0.984. The van der Waals surface area contributed by atoms with Crippen molar-refractivity contribution in [1.29, 1.82) is 0 Å². The maximum Gasteiger partial charge on any atom is 0.254 e. The van der Waals surface area contributed by atoms with Gasteiger partial charge in [0.2, 0.25) is 0 Å². The van der Waals surface area contributed by atoms with E-state index in [1.54, 1.807) is 0 Å². The zero-order valence-corrected chi connectivity index (χ0v) is 13.6. The minimum absolute atomic E-state index is 0.145. The van der Waals surface area contributed by atoms with Crippen LogP contribution in [0.4, 0.5) is 13.2 Å². The lowest BCUT2D eigenvalue weighted by molar-refractivity contribution is -0.0246. The molecule has 0 spiro atoms. The Morgan fingerprint density at radius 2 is 1.80 bits per heavy atom. The number of benzene rings is 2. The SMILES string of the molecule is O=C(c1cc(F)c(F)c(F)c1)N1CCOC(CCc2ccccc2)C1. The first-order valence-electron chi connectivity index (χ1n) is 8.14. The third kappa shape index (κ3) is 4.20. The van der Waals surface area contributed by atoms with E-state index in [9.17, 15) is 18.0 Å². The number of morpholine rings is 1. The van der Waals surface area contributed by atoms with Crippen molar-refractivity contribution < 1.29 is 22.7 Å². The Hall–Kier alpha value is -2.34. The summed E-state index contributed by atoms with van der Waals surface area (Å²) in [5.74, 6) is -4.82. The molecule has 2 aromatic carbocycles. The lowest BCUT2D eigenvalue weighted by atomic mass is 10.1. The molecule has 1 aliphatic heterocycles. The Morgan fingerprint density at radius 1 is 1.12 bits per heavy atom. The smallest absolute Gasteiger partial charge is 0.254 e. The van der Waals surface area contributed by atoms with Gasteiger partial charge in [-0.05, 0) is 30.5 Å². The Morgan fingerprint density at radius 3 is 2.48 bits per heavy atom. The topological polar surface area (TPSA) is 29.5 Å². The molecule has 1 heterocycles. The number of carbonyl (C=O) groups is 1. The average molecular weight is 349 g/mol. The Bertz CT molecular complexity index is 729. The summed E-state index contributed by atoms with van der Waals surface area (Å²) in [4.78, 5) is 13.9. The molecule has 132 valence electrons. The van der Waals surface area contributed by atoms with Crippen molar-refractivity contribution in [3.8, 4) is 0 Å². The molecule has 3 nitrogen and oxygen atoms in total. The normalized spacial score (nSPS) is 17.6. The summed E-state index contributed by atoms with van der Waals surface area (Å²) >= 11 is 0. The van der Waals surface area contributed by atoms with E-state index in [-0.39, 0.29) is 11.7 Å². The standard InChI is InChI=1S/C19H18F3NO2/c20-16-10-14(11-17(21)18(16)22)19(24)23-8-9-25-15(12-23)7-6-13-4-2-1-3-5-13/h1-5,10-11,15H,6-9,12H2. The molecular formula is C19H18F3NO2. The molecule has 0 bridgehead atoms. The van der Waals surface area contributed by atoms with E-state index in [1.807, 2.05) is 30.3 Å². The largest absolute Gasteiger partial charge is 0.375 e. The van der Waals surface area contributed by atoms with Crippen molar-refractivity contribution in [2.75, 3.05) is 19.7 Å². The number of aryl methyl sites for hydroxylation is 1.